The number of cyclic esters (lactones) is 1. The molecule has 2 N–H and O–H groups in total. The van der Waals surface area contributed by atoms with Gasteiger partial charge in [-0.2, -0.15) is 0 Å². The molecule has 2 saturated heterocycles. The zero-order chi connectivity index (χ0) is 47.4. The van der Waals surface area contributed by atoms with Gasteiger partial charge in [0.1, 0.15) is 24.8 Å². The number of benzene rings is 2. The fourth-order valence-corrected chi connectivity index (χ4v) is 10.0. The van der Waals surface area contributed by atoms with E-state index in [1.54, 1.807) is 7.05 Å². The normalized spacial score (nSPS) is 20.7. The van der Waals surface area contributed by atoms with E-state index in [9.17, 15) is 28.4 Å². The molecule has 13 nitrogen and oxygen atoms in total. The number of likely N-dealkylation sites (N-methyl/N-ethyl adjacent to an activating group) is 1. The average molecular weight is 904 g/mol. The minimum absolute atomic E-state index is 0.136. The zero-order valence-electron chi connectivity index (χ0n) is 39.7. The van der Waals surface area contributed by atoms with Crippen LogP contribution in [0.3, 0.4) is 0 Å². The summed E-state index contributed by atoms with van der Waals surface area (Å²) in [6.07, 6.45) is 6.34. The van der Waals surface area contributed by atoms with Gasteiger partial charge in [0.15, 0.2) is 0 Å². The number of alkyl halides is 1. The van der Waals surface area contributed by atoms with E-state index >= 15 is 0 Å². The topological polar surface area (TPSA) is 146 Å². The van der Waals surface area contributed by atoms with Gasteiger partial charge < -0.3 is 24.4 Å². The molecule has 3 aliphatic rings. The van der Waals surface area contributed by atoms with Gasteiger partial charge in [-0.1, -0.05) is 71.9 Å². The smallest absolute Gasteiger partial charge is 0.324 e. The molecule has 0 saturated carbocycles. The number of hydrogen-bond acceptors (Lipinski definition) is 8. The summed E-state index contributed by atoms with van der Waals surface area (Å²) in [5.41, 5.74) is 10.9. The van der Waals surface area contributed by atoms with Gasteiger partial charge in [-0.15, -0.1) is 0 Å². The van der Waals surface area contributed by atoms with E-state index in [-0.39, 0.29) is 43.2 Å². The fraction of sp³-hybridized carbons (Fsp3) is 0.500. The number of carbonyl (C=O) groups excluding carboxylic acids is 5. The zero-order valence-corrected chi connectivity index (χ0v) is 39.7. The van der Waals surface area contributed by atoms with Crippen molar-refractivity contribution in [2.75, 3.05) is 40.0 Å². The molecule has 3 aliphatic heterocycles. The molecule has 2 fully saturated rings. The van der Waals surface area contributed by atoms with Crippen LogP contribution in [0, 0.1) is 17.3 Å². The third kappa shape index (κ3) is 10.2. The molecule has 0 unspecified atom stereocenters. The second-order valence-corrected chi connectivity index (χ2v) is 19.6. The van der Waals surface area contributed by atoms with E-state index in [1.807, 2.05) is 38.2 Å². The monoisotopic (exact) mass is 904 g/mol. The lowest BCUT2D eigenvalue weighted by molar-refractivity contribution is -0.155. The maximum atomic E-state index is 14.7. The Morgan fingerprint density at radius 3 is 2.53 bits per heavy atom. The van der Waals surface area contributed by atoms with Crippen molar-refractivity contribution in [1.29, 1.82) is 0 Å². The number of fused-ring (bicyclic) bond motifs is 6. The van der Waals surface area contributed by atoms with Gasteiger partial charge in [0.25, 0.3) is 5.91 Å². The molecule has 2 aromatic carbocycles. The van der Waals surface area contributed by atoms with Crippen molar-refractivity contribution in [3.05, 3.63) is 89.8 Å². The number of esters is 1. The van der Waals surface area contributed by atoms with Gasteiger partial charge >= 0.3 is 5.97 Å². The molecule has 0 spiro atoms. The molecule has 14 heteroatoms. The molecule has 6 bridgehead atoms. The van der Waals surface area contributed by atoms with Crippen LogP contribution >= 0.6 is 0 Å². The van der Waals surface area contributed by atoms with Gasteiger partial charge in [0.2, 0.25) is 17.7 Å². The highest BCUT2D eigenvalue weighted by atomic mass is 19.1. The van der Waals surface area contributed by atoms with E-state index in [2.05, 4.69) is 86.3 Å². The second-order valence-electron chi connectivity index (χ2n) is 19.6. The highest BCUT2D eigenvalue weighted by Gasteiger charge is 2.40. The lowest BCUT2D eigenvalue weighted by atomic mass is 9.83. The minimum atomic E-state index is -1.07. The van der Waals surface area contributed by atoms with Crippen LogP contribution in [0.25, 0.3) is 33.3 Å². The van der Waals surface area contributed by atoms with Gasteiger partial charge in [-0.25, -0.2) is 9.82 Å². The van der Waals surface area contributed by atoms with Crippen LogP contribution in [0.1, 0.15) is 90.5 Å². The van der Waals surface area contributed by atoms with Gasteiger partial charge in [-0.05, 0) is 97.0 Å². The Hall–Kier alpha value is -5.89. The number of halogens is 1. The van der Waals surface area contributed by atoms with Crippen molar-refractivity contribution in [3.63, 3.8) is 0 Å². The molecular formula is C52H66FN7O6. The number of likely N-dealkylation sites (tertiary alicyclic amines) is 1. The van der Waals surface area contributed by atoms with Gasteiger partial charge in [0.05, 0.1) is 23.9 Å². The molecule has 0 aliphatic carbocycles. The lowest BCUT2D eigenvalue weighted by Crippen LogP contribution is -2.62. The number of aryl methyl sites for hydroxylation is 1. The Balaban J connectivity index is 1.26. The Bertz CT molecular complexity index is 2500. The van der Waals surface area contributed by atoms with Crippen molar-refractivity contribution >= 4 is 40.5 Å². The van der Waals surface area contributed by atoms with Crippen LogP contribution in [0.2, 0.25) is 0 Å². The molecule has 352 valence electrons. The van der Waals surface area contributed by atoms with Crippen LogP contribution in [0.15, 0.2) is 72.9 Å². The lowest BCUT2D eigenvalue weighted by Gasteiger charge is -2.37. The molecular weight excluding hydrogens is 838 g/mol. The number of hydrazine groups is 1. The Labute approximate surface area is 388 Å². The first kappa shape index (κ1) is 48.1. The summed E-state index contributed by atoms with van der Waals surface area (Å²) >= 11 is 0. The van der Waals surface area contributed by atoms with E-state index in [1.165, 1.54) is 20.9 Å². The van der Waals surface area contributed by atoms with E-state index in [0.717, 1.165) is 62.7 Å². The first-order valence-electron chi connectivity index (χ1n) is 23.5. The van der Waals surface area contributed by atoms with Crippen molar-refractivity contribution < 1.29 is 33.1 Å². The van der Waals surface area contributed by atoms with Crippen molar-refractivity contribution in [3.8, 4) is 22.4 Å². The molecule has 0 radical (unpaired) electrons. The maximum absolute atomic E-state index is 14.7. The number of nitrogens with zero attached hydrogens (tertiary/aromatic N) is 5. The Morgan fingerprint density at radius 2 is 1.80 bits per heavy atom. The van der Waals surface area contributed by atoms with Crippen LogP contribution in [-0.2, 0) is 48.1 Å². The summed E-state index contributed by atoms with van der Waals surface area (Å²) in [5.74, 6) is -2.69. The van der Waals surface area contributed by atoms with Crippen molar-refractivity contribution in [1.82, 2.24) is 35.1 Å². The fourth-order valence-electron chi connectivity index (χ4n) is 10.0. The number of allylic oxidation sites excluding steroid dienone is 1. The van der Waals surface area contributed by atoms with Gasteiger partial charge in [0, 0.05) is 73.8 Å². The summed E-state index contributed by atoms with van der Waals surface area (Å²) < 4.78 is 21.2. The second kappa shape index (κ2) is 20.3. The summed E-state index contributed by atoms with van der Waals surface area (Å²) in [4.78, 5) is 77.4. The van der Waals surface area contributed by atoms with Crippen LogP contribution in [0.4, 0.5) is 4.39 Å². The predicted octanol–water partition coefficient (Wildman–Crippen LogP) is 7.02. The molecule has 7 rings (SSSR count). The first-order chi connectivity index (χ1) is 31.5. The summed E-state index contributed by atoms with van der Waals surface area (Å²) in [6.45, 7) is 15.3. The highest BCUT2D eigenvalue weighted by Crippen LogP contribution is 2.42. The average Bonchev–Trinajstić information content (AvgIpc) is 3.92. The largest absolute Gasteiger partial charge is 0.464 e. The summed E-state index contributed by atoms with van der Waals surface area (Å²) in [5, 5.41) is 5.58. The van der Waals surface area contributed by atoms with Crippen LogP contribution < -0.4 is 10.7 Å². The molecule has 4 amide bonds. The van der Waals surface area contributed by atoms with Crippen molar-refractivity contribution in [2.24, 2.45) is 17.3 Å². The molecule has 4 atom stereocenters. The SMILES string of the molecule is CCn1c(-c2cccnc2C(C)C)c2c3cc(ccc31)-c1cccc(c1)C[C@H](NC(=O)[C@H](C(C)C)N(C)C(=O)[C@H]1CCN(C(=O)/C=C/CF)C1)C(=O)N1CCC[C@H](N1)C(=O)OCC(C)(C)C2. The first-order valence-corrected chi connectivity index (χ1v) is 23.5. The number of rotatable bonds is 10. The number of pyridine rings is 1. The van der Waals surface area contributed by atoms with Crippen LogP contribution in [-0.4, -0.2) is 112 Å². The standard InChI is InChI=1S/C52H66FN7O6/c1-9-59-43-20-19-36-28-39(43)40(47(59)38-16-12-23-54-45(38)32(2)3)29-52(6,7)31-66-51(65)41-17-13-24-60(56-41)50(64)42(27-34-14-10-15-35(36)26-34)55-48(62)46(33(4)5)57(8)49(63)37-21-25-58(30-37)44(61)18-11-22-53/h10-12,14-16,18-20,23,26,28,32-33,37,41-42,46,56H,9,13,17,21-22,24-25,27,29-31H2,1-8H3,(H,55,62)/b18-11+/t37-,41-,42-,46-/m0/s1. The summed E-state index contributed by atoms with van der Waals surface area (Å²) in [7, 11) is 1.58. The van der Waals surface area contributed by atoms with E-state index in [4.69, 9.17) is 9.72 Å². The van der Waals surface area contributed by atoms with Crippen molar-refractivity contribution in [2.45, 2.75) is 111 Å². The number of ether oxygens (including phenoxy) is 1. The number of amides is 4. The molecule has 2 aromatic heterocycles. The Morgan fingerprint density at radius 1 is 1.03 bits per heavy atom. The van der Waals surface area contributed by atoms with Crippen LogP contribution in [0.5, 0.6) is 0 Å². The van der Waals surface area contributed by atoms with E-state index < -0.39 is 53.9 Å². The van der Waals surface area contributed by atoms with E-state index in [0.29, 0.717) is 38.8 Å². The molecule has 5 heterocycles. The number of hydrogen-bond donors (Lipinski definition) is 2. The third-order valence-corrected chi connectivity index (χ3v) is 13.3. The maximum Gasteiger partial charge on any atom is 0.324 e. The third-order valence-electron chi connectivity index (χ3n) is 13.3. The van der Waals surface area contributed by atoms with Gasteiger partial charge in [-0.3, -0.25) is 34.0 Å². The summed E-state index contributed by atoms with van der Waals surface area (Å²) in [6, 6.07) is 15.9. The predicted molar refractivity (Wildman–Crippen MR) is 254 cm³/mol. The number of aromatic nitrogens is 2. The highest BCUT2D eigenvalue weighted by molar-refractivity contribution is 5.96. The Kier molecular flexibility index (Phi) is 14.8. The number of carbonyl (C=O) groups is 5. The quantitative estimate of drug-likeness (QED) is 0.128. The number of nitrogens with one attached hydrogen (secondary N) is 2. The molecule has 4 aromatic rings. The molecule has 66 heavy (non-hydrogen) atoms. The minimum Gasteiger partial charge on any atom is -0.464 e.